The van der Waals surface area contributed by atoms with E-state index in [1.165, 1.54) is 0 Å². The Hall–Kier alpha value is -1.36. The zero-order chi connectivity index (χ0) is 10.1. The zero-order valence-electron chi connectivity index (χ0n) is 8.05. The van der Waals surface area contributed by atoms with Crippen molar-refractivity contribution in [3.05, 3.63) is 18.0 Å². The standard InChI is InChI=1S/C9H13N3O2/c1-11-8(2-4-10-11)9(14)12-5-3-7(13)6-12/h2,4,7,13H,3,5-6H2,1H3/t7-/m0/s1. The van der Waals surface area contributed by atoms with E-state index in [1.807, 2.05) is 0 Å². The van der Waals surface area contributed by atoms with E-state index in [2.05, 4.69) is 5.10 Å². The summed E-state index contributed by atoms with van der Waals surface area (Å²) in [5.74, 6) is -0.0541. The lowest BCUT2D eigenvalue weighted by atomic mass is 10.3. The number of aliphatic hydroxyl groups excluding tert-OH is 1. The second-order valence-corrected chi connectivity index (χ2v) is 3.53. The molecule has 0 spiro atoms. The predicted molar refractivity (Wildman–Crippen MR) is 49.7 cm³/mol. The fraction of sp³-hybridized carbons (Fsp3) is 0.556. The van der Waals surface area contributed by atoms with Crippen molar-refractivity contribution in [2.24, 2.45) is 7.05 Å². The smallest absolute Gasteiger partial charge is 0.272 e. The van der Waals surface area contributed by atoms with E-state index >= 15 is 0 Å². The van der Waals surface area contributed by atoms with E-state index in [-0.39, 0.29) is 12.0 Å². The Morgan fingerprint density at radius 1 is 1.71 bits per heavy atom. The third-order valence-corrected chi connectivity index (χ3v) is 2.49. The summed E-state index contributed by atoms with van der Waals surface area (Å²) < 4.78 is 1.55. The van der Waals surface area contributed by atoms with Gasteiger partial charge < -0.3 is 10.0 Å². The Morgan fingerprint density at radius 3 is 3.00 bits per heavy atom. The molecule has 76 valence electrons. The molecule has 1 aromatic rings. The summed E-state index contributed by atoms with van der Waals surface area (Å²) in [5.41, 5.74) is 0.569. The molecule has 14 heavy (non-hydrogen) atoms. The van der Waals surface area contributed by atoms with Gasteiger partial charge in [-0.05, 0) is 12.5 Å². The number of likely N-dealkylation sites (tertiary alicyclic amines) is 1. The van der Waals surface area contributed by atoms with Gasteiger partial charge in [-0.1, -0.05) is 0 Å². The van der Waals surface area contributed by atoms with Crippen LogP contribution in [0.25, 0.3) is 0 Å². The van der Waals surface area contributed by atoms with E-state index in [0.29, 0.717) is 25.2 Å². The fourth-order valence-electron chi connectivity index (χ4n) is 1.67. The molecule has 1 aromatic heterocycles. The molecule has 1 amide bonds. The van der Waals surface area contributed by atoms with Crippen LogP contribution in [0.4, 0.5) is 0 Å². The molecule has 2 rings (SSSR count). The van der Waals surface area contributed by atoms with Gasteiger partial charge in [0.25, 0.3) is 5.91 Å². The van der Waals surface area contributed by atoms with Gasteiger partial charge in [-0.15, -0.1) is 0 Å². The van der Waals surface area contributed by atoms with Crippen LogP contribution in [0.5, 0.6) is 0 Å². The Bertz CT molecular complexity index is 348. The first-order chi connectivity index (χ1) is 6.68. The third kappa shape index (κ3) is 1.50. The minimum Gasteiger partial charge on any atom is -0.391 e. The number of β-amino-alcohol motifs (C(OH)–C–C–N with tert-alkyl or cyclic N) is 1. The zero-order valence-corrected chi connectivity index (χ0v) is 8.05. The minimum atomic E-state index is -0.368. The summed E-state index contributed by atoms with van der Waals surface area (Å²) in [7, 11) is 1.74. The first kappa shape index (κ1) is 9.21. The van der Waals surface area contributed by atoms with E-state index < -0.39 is 0 Å². The molecule has 0 aromatic carbocycles. The van der Waals surface area contributed by atoms with Crippen molar-refractivity contribution < 1.29 is 9.90 Å². The monoisotopic (exact) mass is 195 g/mol. The van der Waals surface area contributed by atoms with Crippen LogP contribution in [0.1, 0.15) is 16.9 Å². The van der Waals surface area contributed by atoms with Gasteiger partial charge in [0.15, 0.2) is 0 Å². The second kappa shape index (κ2) is 3.42. The summed E-state index contributed by atoms with van der Waals surface area (Å²) in [6, 6.07) is 1.69. The summed E-state index contributed by atoms with van der Waals surface area (Å²) in [4.78, 5) is 13.5. The molecule has 0 bridgehead atoms. The number of aryl methyl sites for hydroxylation is 1. The van der Waals surface area contributed by atoms with Crippen molar-refractivity contribution in [1.29, 1.82) is 0 Å². The van der Waals surface area contributed by atoms with Crippen LogP contribution in [-0.2, 0) is 7.05 Å². The number of carbonyl (C=O) groups is 1. The van der Waals surface area contributed by atoms with Crippen LogP contribution in [0.3, 0.4) is 0 Å². The fourth-order valence-corrected chi connectivity index (χ4v) is 1.67. The molecular formula is C9H13N3O2. The number of rotatable bonds is 1. The molecule has 1 aliphatic rings. The van der Waals surface area contributed by atoms with Crippen molar-refractivity contribution in [1.82, 2.24) is 14.7 Å². The number of amides is 1. The molecule has 1 aliphatic heterocycles. The number of hydrogen-bond donors (Lipinski definition) is 1. The maximum Gasteiger partial charge on any atom is 0.272 e. The second-order valence-electron chi connectivity index (χ2n) is 3.53. The van der Waals surface area contributed by atoms with Crippen LogP contribution in [0.2, 0.25) is 0 Å². The summed E-state index contributed by atoms with van der Waals surface area (Å²) >= 11 is 0. The highest BCUT2D eigenvalue weighted by Crippen LogP contribution is 2.12. The van der Waals surface area contributed by atoms with Gasteiger partial charge >= 0.3 is 0 Å². The van der Waals surface area contributed by atoms with E-state index in [9.17, 15) is 9.90 Å². The number of carbonyl (C=O) groups excluding carboxylic acids is 1. The Kier molecular flexibility index (Phi) is 2.25. The quantitative estimate of drug-likeness (QED) is 0.665. The number of hydrogen-bond acceptors (Lipinski definition) is 3. The van der Waals surface area contributed by atoms with E-state index in [1.54, 1.807) is 28.9 Å². The first-order valence-corrected chi connectivity index (χ1v) is 4.64. The molecule has 1 fully saturated rings. The molecule has 2 heterocycles. The molecule has 0 saturated carbocycles. The summed E-state index contributed by atoms with van der Waals surface area (Å²) in [6.45, 7) is 1.06. The maximum absolute atomic E-state index is 11.8. The summed E-state index contributed by atoms with van der Waals surface area (Å²) in [5, 5.41) is 13.2. The van der Waals surface area contributed by atoms with Crippen molar-refractivity contribution in [3.8, 4) is 0 Å². The van der Waals surface area contributed by atoms with Gasteiger partial charge in [0, 0.05) is 26.3 Å². The topological polar surface area (TPSA) is 58.4 Å². The third-order valence-electron chi connectivity index (χ3n) is 2.49. The molecule has 0 aliphatic carbocycles. The van der Waals surface area contributed by atoms with Crippen molar-refractivity contribution in [3.63, 3.8) is 0 Å². The van der Waals surface area contributed by atoms with Crippen LogP contribution < -0.4 is 0 Å². The number of nitrogens with zero attached hydrogens (tertiary/aromatic N) is 3. The lowest BCUT2D eigenvalue weighted by Crippen LogP contribution is -2.31. The Labute approximate surface area is 81.9 Å². The van der Waals surface area contributed by atoms with Crippen molar-refractivity contribution in [2.75, 3.05) is 13.1 Å². The molecule has 1 N–H and O–H groups in total. The van der Waals surface area contributed by atoms with Gasteiger partial charge in [-0.3, -0.25) is 9.48 Å². The summed E-state index contributed by atoms with van der Waals surface area (Å²) in [6.07, 6.45) is 1.90. The van der Waals surface area contributed by atoms with Gasteiger partial charge in [0.2, 0.25) is 0 Å². The van der Waals surface area contributed by atoms with E-state index in [4.69, 9.17) is 0 Å². The molecule has 1 saturated heterocycles. The van der Waals surface area contributed by atoms with Crippen LogP contribution >= 0.6 is 0 Å². The average Bonchev–Trinajstić information content (AvgIpc) is 2.73. The number of aliphatic hydroxyl groups is 1. The molecule has 0 radical (unpaired) electrons. The van der Waals surface area contributed by atoms with Gasteiger partial charge in [0.05, 0.1) is 6.10 Å². The molecule has 1 atom stereocenters. The van der Waals surface area contributed by atoms with Crippen LogP contribution in [0.15, 0.2) is 12.3 Å². The normalized spacial score (nSPS) is 21.6. The van der Waals surface area contributed by atoms with E-state index in [0.717, 1.165) is 0 Å². The Balaban J connectivity index is 2.13. The minimum absolute atomic E-state index is 0.0541. The predicted octanol–water partition coefficient (Wildman–Crippen LogP) is -0.373. The van der Waals surface area contributed by atoms with Crippen LogP contribution in [-0.4, -0.2) is 44.9 Å². The van der Waals surface area contributed by atoms with Crippen LogP contribution in [0, 0.1) is 0 Å². The molecule has 5 nitrogen and oxygen atoms in total. The lowest BCUT2D eigenvalue weighted by molar-refractivity contribution is 0.0754. The van der Waals surface area contributed by atoms with Gasteiger partial charge in [-0.2, -0.15) is 5.10 Å². The highest BCUT2D eigenvalue weighted by Gasteiger charge is 2.26. The largest absolute Gasteiger partial charge is 0.391 e. The molecular weight excluding hydrogens is 182 g/mol. The average molecular weight is 195 g/mol. The highest BCUT2D eigenvalue weighted by atomic mass is 16.3. The molecule has 0 unspecified atom stereocenters. The number of aromatic nitrogens is 2. The molecule has 5 heteroatoms. The van der Waals surface area contributed by atoms with Gasteiger partial charge in [-0.25, -0.2) is 0 Å². The Morgan fingerprint density at radius 2 is 2.50 bits per heavy atom. The SMILES string of the molecule is Cn1nccc1C(=O)N1CC[C@H](O)C1. The first-order valence-electron chi connectivity index (χ1n) is 4.64. The highest BCUT2D eigenvalue weighted by molar-refractivity contribution is 5.92. The maximum atomic E-state index is 11.8. The lowest BCUT2D eigenvalue weighted by Gasteiger charge is -2.14. The van der Waals surface area contributed by atoms with Crippen molar-refractivity contribution in [2.45, 2.75) is 12.5 Å². The van der Waals surface area contributed by atoms with Crippen molar-refractivity contribution >= 4 is 5.91 Å². The van der Waals surface area contributed by atoms with Gasteiger partial charge in [0.1, 0.15) is 5.69 Å².